The minimum atomic E-state index is -3.15. The summed E-state index contributed by atoms with van der Waals surface area (Å²) in [5.41, 5.74) is 1.94. The molecule has 1 aromatic rings. The number of hydrazone groups is 1. The molecule has 0 spiro atoms. The topological polar surface area (TPSA) is 102 Å². The van der Waals surface area contributed by atoms with Gasteiger partial charge in [0.15, 0.2) is 9.84 Å². The first kappa shape index (κ1) is 21.8. The first-order chi connectivity index (χ1) is 14.9. The number of hydrogen-bond donors (Lipinski definition) is 1. The molecule has 3 aliphatic heterocycles. The van der Waals surface area contributed by atoms with E-state index in [0.29, 0.717) is 12.1 Å². The molecule has 4 rings (SSSR count). The van der Waals surface area contributed by atoms with Gasteiger partial charge in [-0.15, -0.1) is 0 Å². The SMILES string of the molecule is CCN1CCN(c2ccccc2NC(=O)C2=NN([C@H]3CCS(=O)(=O)C3)C(=O)CC2)CC1. The van der Waals surface area contributed by atoms with Crippen LogP contribution in [0.25, 0.3) is 0 Å². The van der Waals surface area contributed by atoms with Crippen molar-refractivity contribution in [1.82, 2.24) is 9.91 Å². The summed E-state index contributed by atoms with van der Waals surface area (Å²) < 4.78 is 23.6. The molecule has 2 saturated heterocycles. The maximum atomic E-state index is 13.0. The lowest BCUT2D eigenvalue weighted by Gasteiger charge is -2.36. The van der Waals surface area contributed by atoms with Crippen LogP contribution in [-0.4, -0.2) is 86.1 Å². The monoisotopic (exact) mass is 447 g/mol. The molecule has 1 N–H and O–H groups in total. The van der Waals surface area contributed by atoms with Gasteiger partial charge in [-0.25, -0.2) is 13.4 Å². The maximum absolute atomic E-state index is 13.0. The Morgan fingerprint density at radius 2 is 1.90 bits per heavy atom. The summed E-state index contributed by atoms with van der Waals surface area (Å²) >= 11 is 0. The van der Waals surface area contributed by atoms with Gasteiger partial charge in [-0.3, -0.25) is 9.59 Å². The van der Waals surface area contributed by atoms with Crippen LogP contribution in [0.2, 0.25) is 0 Å². The fourth-order valence-corrected chi connectivity index (χ4v) is 6.03. The Bertz CT molecular complexity index is 985. The number of para-hydroxylation sites is 2. The van der Waals surface area contributed by atoms with Gasteiger partial charge in [0.05, 0.1) is 28.9 Å². The van der Waals surface area contributed by atoms with Crippen LogP contribution >= 0.6 is 0 Å². The molecule has 0 aromatic heterocycles. The van der Waals surface area contributed by atoms with Gasteiger partial charge in [0.25, 0.3) is 5.91 Å². The summed E-state index contributed by atoms with van der Waals surface area (Å²) in [6.45, 7) is 6.92. The third-order valence-electron chi connectivity index (χ3n) is 6.19. The summed E-state index contributed by atoms with van der Waals surface area (Å²) in [6, 6.07) is 7.22. The number of anilines is 2. The summed E-state index contributed by atoms with van der Waals surface area (Å²) in [5, 5.41) is 8.46. The first-order valence-electron chi connectivity index (χ1n) is 10.8. The van der Waals surface area contributed by atoms with Gasteiger partial charge < -0.3 is 15.1 Å². The first-order valence-corrected chi connectivity index (χ1v) is 12.7. The van der Waals surface area contributed by atoms with E-state index in [1.807, 2.05) is 24.3 Å². The minimum absolute atomic E-state index is 0.0527. The van der Waals surface area contributed by atoms with E-state index >= 15 is 0 Å². The van der Waals surface area contributed by atoms with E-state index in [0.717, 1.165) is 38.4 Å². The summed E-state index contributed by atoms with van der Waals surface area (Å²) in [5.74, 6) is -0.619. The molecule has 168 valence electrons. The second kappa shape index (κ2) is 8.96. The van der Waals surface area contributed by atoms with Crippen molar-refractivity contribution in [1.29, 1.82) is 0 Å². The number of nitrogens with zero attached hydrogens (tertiary/aromatic N) is 4. The number of likely N-dealkylation sites (N-methyl/N-ethyl adjacent to an activating group) is 1. The molecule has 1 atom stereocenters. The third-order valence-corrected chi connectivity index (χ3v) is 7.94. The molecule has 3 heterocycles. The highest BCUT2D eigenvalue weighted by Gasteiger charge is 2.37. The van der Waals surface area contributed by atoms with Gasteiger partial charge in [-0.2, -0.15) is 5.10 Å². The van der Waals surface area contributed by atoms with Crippen LogP contribution in [0.5, 0.6) is 0 Å². The van der Waals surface area contributed by atoms with Crippen LogP contribution in [0.3, 0.4) is 0 Å². The van der Waals surface area contributed by atoms with Crippen molar-refractivity contribution in [3.63, 3.8) is 0 Å². The Hall–Kier alpha value is -2.46. The molecular weight excluding hydrogens is 418 g/mol. The number of carbonyl (C=O) groups is 2. The van der Waals surface area contributed by atoms with E-state index < -0.39 is 15.9 Å². The summed E-state index contributed by atoms with van der Waals surface area (Å²) in [7, 11) is -3.15. The number of nitrogens with one attached hydrogen (secondary N) is 1. The predicted octanol–water partition coefficient (Wildman–Crippen LogP) is 0.933. The Balaban J connectivity index is 1.48. The lowest BCUT2D eigenvalue weighted by atomic mass is 10.1. The van der Waals surface area contributed by atoms with Crippen molar-refractivity contribution >= 4 is 38.7 Å². The fraction of sp³-hybridized carbons (Fsp3) is 0.571. The molecule has 0 aliphatic carbocycles. The van der Waals surface area contributed by atoms with Crippen molar-refractivity contribution in [2.45, 2.75) is 32.2 Å². The fourth-order valence-electron chi connectivity index (χ4n) is 4.34. The smallest absolute Gasteiger partial charge is 0.271 e. The van der Waals surface area contributed by atoms with Crippen molar-refractivity contribution in [3.05, 3.63) is 24.3 Å². The van der Waals surface area contributed by atoms with E-state index in [4.69, 9.17) is 0 Å². The molecule has 2 fully saturated rings. The Morgan fingerprint density at radius 3 is 2.58 bits per heavy atom. The van der Waals surface area contributed by atoms with Crippen LogP contribution in [0.1, 0.15) is 26.2 Å². The predicted molar refractivity (Wildman–Crippen MR) is 120 cm³/mol. The van der Waals surface area contributed by atoms with Crippen molar-refractivity contribution < 1.29 is 18.0 Å². The Kier molecular flexibility index (Phi) is 6.29. The molecule has 0 saturated carbocycles. The number of carbonyl (C=O) groups excluding carboxylic acids is 2. The zero-order valence-corrected chi connectivity index (χ0v) is 18.6. The highest BCUT2D eigenvalue weighted by atomic mass is 32.2. The van der Waals surface area contributed by atoms with Crippen LogP contribution in [-0.2, 0) is 19.4 Å². The van der Waals surface area contributed by atoms with E-state index in [2.05, 4.69) is 27.1 Å². The zero-order chi connectivity index (χ0) is 22.0. The standard InChI is InChI=1S/C21H29N5O4S/c1-2-24-10-12-25(13-11-24)19-6-4-3-5-17(19)22-21(28)18-7-8-20(27)26(23-18)16-9-14-31(29,30)15-16/h3-6,16H,2,7-15H2,1H3,(H,22,28)/t16-/m0/s1. The highest BCUT2D eigenvalue weighted by Crippen LogP contribution is 2.27. The van der Waals surface area contributed by atoms with Crippen molar-refractivity contribution in [2.24, 2.45) is 5.10 Å². The van der Waals surface area contributed by atoms with Crippen LogP contribution < -0.4 is 10.2 Å². The second-order valence-electron chi connectivity index (χ2n) is 8.23. The van der Waals surface area contributed by atoms with Gasteiger partial charge in [0.2, 0.25) is 5.91 Å². The van der Waals surface area contributed by atoms with Gasteiger partial charge in [0.1, 0.15) is 5.71 Å². The van der Waals surface area contributed by atoms with Crippen LogP contribution in [0.4, 0.5) is 11.4 Å². The van der Waals surface area contributed by atoms with E-state index in [1.165, 1.54) is 5.01 Å². The molecule has 31 heavy (non-hydrogen) atoms. The summed E-state index contributed by atoms with van der Waals surface area (Å²) in [4.78, 5) is 29.9. The molecule has 0 bridgehead atoms. The van der Waals surface area contributed by atoms with E-state index in [-0.39, 0.29) is 41.9 Å². The Labute approximate surface area is 183 Å². The van der Waals surface area contributed by atoms with E-state index in [9.17, 15) is 18.0 Å². The quantitative estimate of drug-likeness (QED) is 0.721. The molecular formula is C21H29N5O4S. The molecule has 3 aliphatic rings. The average Bonchev–Trinajstić information content (AvgIpc) is 3.14. The molecule has 9 nitrogen and oxygen atoms in total. The molecule has 10 heteroatoms. The Morgan fingerprint density at radius 1 is 1.16 bits per heavy atom. The van der Waals surface area contributed by atoms with Gasteiger partial charge in [-0.1, -0.05) is 19.1 Å². The third kappa shape index (κ3) is 4.90. The van der Waals surface area contributed by atoms with E-state index in [1.54, 1.807) is 0 Å². The lowest BCUT2D eigenvalue weighted by Crippen LogP contribution is -2.46. The van der Waals surface area contributed by atoms with Crippen molar-refractivity contribution in [3.8, 4) is 0 Å². The van der Waals surface area contributed by atoms with Gasteiger partial charge in [-0.05, 0) is 25.1 Å². The van der Waals surface area contributed by atoms with Gasteiger partial charge >= 0.3 is 0 Å². The zero-order valence-electron chi connectivity index (χ0n) is 17.8. The highest BCUT2D eigenvalue weighted by molar-refractivity contribution is 7.91. The maximum Gasteiger partial charge on any atom is 0.271 e. The van der Waals surface area contributed by atoms with Crippen LogP contribution in [0, 0.1) is 0 Å². The molecule has 0 radical (unpaired) electrons. The second-order valence-corrected chi connectivity index (χ2v) is 10.5. The minimum Gasteiger partial charge on any atom is -0.367 e. The molecule has 0 unspecified atom stereocenters. The number of sulfone groups is 1. The van der Waals surface area contributed by atoms with Crippen LogP contribution in [0.15, 0.2) is 29.4 Å². The number of hydrogen-bond acceptors (Lipinski definition) is 7. The van der Waals surface area contributed by atoms with Gasteiger partial charge in [0, 0.05) is 39.0 Å². The summed E-state index contributed by atoms with van der Waals surface area (Å²) in [6.07, 6.45) is 0.764. The normalized spacial score (nSPS) is 24.2. The lowest BCUT2D eigenvalue weighted by molar-refractivity contribution is -0.133. The largest absolute Gasteiger partial charge is 0.367 e. The number of piperazine rings is 1. The average molecular weight is 448 g/mol. The number of benzene rings is 1. The van der Waals surface area contributed by atoms with Crippen molar-refractivity contribution in [2.75, 3.05) is 54.4 Å². The number of amides is 2. The number of rotatable bonds is 5. The molecule has 1 aromatic carbocycles. The molecule has 2 amide bonds.